The summed E-state index contributed by atoms with van der Waals surface area (Å²) in [5, 5.41) is 10.3. The number of aryl methyl sites for hydroxylation is 2. The molecule has 1 fully saturated rings. The van der Waals surface area contributed by atoms with E-state index in [4.69, 9.17) is 0 Å². The molecule has 8 heteroatoms. The number of piperidine rings is 1. The summed E-state index contributed by atoms with van der Waals surface area (Å²) >= 11 is 0. The van der Waals surface area contributed by atoms with E-state index in [0.29, 0.717) is 5.95 Å². The summed E-state index contributed by atoms with van der Waals surface area (Å²) in [7, 11) is 0. The fourth-order valence-corrected chi connectivity index (χ4v) is 2.74. The van der Waals surface area contributed by atoms with Gasteiger partial charge in [-0.05, 0) is 26.3 Å². The molecule has 0 saturated carbocycles. The number of ether oxygens (including phenoxy) is 1. The molecule has 1 aliphatic heterocycles. The minimum Gasteiger partial charge on any atom is -0.461 e. The maximum Gasteiger partial charge on any atom is 0.380 e. The first-order chi connectivity index (χ1) is 11.2. The molecule has 0 aromatic carbocycles. The van der Waals surface area contributed by atoms with Gasteiger partial charge in [-0.25, -0.2) is 14.8 Å². The third kappa shape index (κ3) is 3.48. The highest BCUT2D eigenvalue weighted by atomic mass is 19.3. The number of carbonyl (C=O) groups is 1. The van der Waals surface area contributed by atoms with E-state index in [0.717, 1.165) is 17.8 Å². The molecule has 0 atom stereocenters. The Labute approximate surface area is 139 Å². The zero-order valence-corrected chi connectivity index (χ0v) is 14.2. The van der Waals surface area contributed by atoms with Gasteiger partial charge in [-0.2, -0.15) is 8.78 Å². The Morgan fingerprint density at radius 1 is 1.38 bits per heavy atom. The lowest BCUT2D eigenvalue weighted by molar-refractivity contribution is -0.217. The van der Waals surface area contributed by atoms with Crippen molar-refractivity contribution in [1.82, 2.24) is 9.97 Å². The van der Waals surface area contributed by atoms with Crippen LogP contribution in [0.5, 0.6) is 0 Å². The van der Waals surface area contributed by atoms with Crippen LogP contribution in [0, 0.1) is 6.92 Å². The largest absolute Gasteiger partial charge is 0.461 e. The van der Waals surface area contributed by atoms with Gasteiger partial charge in [0.05, 0.1) is 6.61 Å². The average molecular weight is 343 g/mol. The summed E-state index contributed by atoms with van der Waals surface area (Å²) in [4.78, 5) is 22.0. The third-order valence-corrected chi connectivity index (χ3v) is 4.25. The number of aromatic nitrogens is 2. The first kappa shape index (κ1) is 18.5. The van der Waals surface area contributed by atoms with Gasteiger partial charge in [-0.15, -0.1) is 0 Å². The highest BCUT2D eigenvalue weighted by molar-refractivity contribution is 5.79. The van der Waals surface area contributed by atoms with E-state index in [1.165, 1.54) is 6.92 Å². The Kier molecular flexibility index (Phi) is 5.37. The van der Waals surface area contributed by atoms with Crippen LogP contribution in [-0.4, -0.2) is 52.3 Å². The van der Waals surface area contributed by atoms with E-state index in [1.54, 1.807) is 4.90 Å². The van der Waals surface area contributed by atoms with Crippen LogP contribution >= 0.6 is 0 Å². The van der Waals surface area contributed by atoms with Gasteiger partial charge in [-0.3, -0.25) is 0 Å². The van der Waals surface area contributed by atoms with Gasteiger partial charge < -0.3 is 14.7 Å². The summed E-state index contributed by atoms with van der Waals surface area (Å²) in [6, 6.07) is 1.87. The first-order valence-corrected chi connectivity index (χ1v) is 8.10. The lowest BCUT2D eigenvalue weighted by atomic mass is 9.85. The van der Waals surface area contributed by atoms with Crippen molar-refractivity contribution in [3.63, 3.8) is 0 Å². The molecule has 1 aromatic heterocycles. The number of rotatable bonds is 5. The van der Waals surface area contributed by atoms with E-state index in [9.17, 15) is 18.7 Å². The molecular formula is C16H23F2N3O3. The number of anilines is 1. The normalized spacial score (nSPS) is 17.7. The zero-order chi connectivity index (χ0) is 18.0. The number of aliphatic hydroxyl groups is 1. The Balaban J connectivity index is 2.12. The summed E-state index contributed by atoms with van der Waals surface area (Å²) < 4.78 is 32.8. The van der Waals surface area contributed by atoms with E-state index < -0.39 is 17.5 Å². The van der Waals surface area contributed by atoms with Crippen LogP contribution in [0.3, 0.4) is 0 Å². The van der Waals surface area contributed by atoms with Crippen LogP contribution < -0.4 is 4.90 Å². The summed E-state index contributed by atoms with van der Waals surface area (Å²) in [5.41, 5.74) is -0.739. The van der Waals surface area contributed by atoms with E-state index in [-0.39, 0.29) is 32.5 Å². The molecule has 0 bridgehead atoms. The first-order valence-electron chi connectivity index (χ1n) is 8.10. The van der Waals surface area contributed by atoms with Crippen LogP contribution in [0.25, 0.3) is 0 Å². The van der Waals surface area contributed by atoms with Gasteiger partial charge in [0.1, 0.15) is 5.60 Å². The monoisotopic (exact) mass is 343 g/mol. The number of hydrogen-bond acceptors (Lipinski definition) is 6. The minimum absolute atomic E-state index is 0.137. The number of hydrogen-bond donors (Lipinski definition) is 1. The second-order valence-corrected chi connectivity index (χ2v) is 5.97. The fraction of sp³-hybridized carbons (Fsp3) is 0.688. The SMILES string of the molecule is CCOC(=O)C(F)(F)C1(O)CCN(c2nc(C)cc(CC)n2)CC1. The van der Waals surface area contributed by atoms with Crippen molar-refractivity contribution in [2.45, 2.75) is 51.6 Å². The summed E-state index contributed by atoms with van der Waals surface area (Å²) in [6.45, 7) is 5.38. The van der Waals surface area contributed by atoms with Crippen LogP contribution in [0.2, 0.25) is 0 Å². The Morgan fingerprint density at radius 2 is 2.00 bits per heavy atom. The molecule has 24 heavy (non-hydrogen) atoms. The molecule has 0 spiro atoms. The molecule has 0 aliphatic carbocycles. The second-order valence-electron chi connectivity index (χ2n) is 5.97. The van der Waals surface area contributed by atoms with Crippen LogP contribution in [-0.2, 0) is 16.0 Å². The number of halogens is 2. The molecule has 0 radical (unpaired) electrons. The average Bonchev–Trinajstić information content (AvgIpc) is 2.55. The highest BCUT2D eigenvalue weighted by Gasteiger charge is 2.60. The van der Waals surface area contributed by atoms with Crippen molar-refractivity contribution < 1.29 is 23.4 Å². The third-order valence-electron chi connectivity index (χ3n) is 4.25. The standard InChI is InChI=1S/C16H23F2N3O3/c1-4-12-10-11(3)19-14(20-12)21-8-6-15(23,7-9-21)16(17,18)13(22)24-5-2/h10,23H,4-9H2,1-3H3. The molecule has 0 unspecified atom stereocenters. The van der Waals surface area contributed by atoms with Crippen molar-refractivity contribution in [3.05, 3.63) is 17.5 Å². The Morgan fingerprint density at radius 3 is 2.54 bits per heavy atom. The number of alkyl halides is 2. The molecule has 134 valence electrons. The molecule has 1 aliphatic rings. The van der Waals surface area contributed by atoms with Crippen LogP contribution in [0.15, 0.2) is 6.07 Å². The van der Waals surface area contributed by atoms with Crippen LogP contribution in [0.1, 0.15) is 38.1 Å². The zero-order valence-electron chi connectivity index (χ0n) is 14.2. The molecule has 0 amide bonds. The minimum atomic E-state index is -3.93. The smallest absolute Gasteiger partial charge is 0.380 e. The second kappa shape index (κ2) is 6.96. The van der Waals surface area contributed by atoms with E-state index in [1.807, 2.05) is 19.9 Å². The lowest BCUT2D eigenvalue weighted by Gasteiger charge is -2.41. The number of carbonyl (C=O) groups excluding carboxylic acids is 1. The molecule has 2 heterocycles. The summed E-state index contributed by atoms with van der Waals surface area (Å²) in [5.74, 6) is -5.15. The van der Waals surface area contributed by atoms with Crippen molar-refractivity contribution in [1.29, 1.82) is 0 Å². The van der Waals surface area contributed by atoms with Crippen LogP contribution in [0.4, 0.5) is 14.7 Å². The van der Waals surface area contributed by atoms with Crippen molar-refractivity contribution in [2.24, 2.45) is 0 Å². The molecule has 1 saturated heterocycles. The quantitative estimate of drug-likeness (QED) is 0.823. The van der Waals surface area contributed by atoms with Crippen molar-refractivity contribution >= 4 is 11.9 Å². The predicted molar refractivity (Wildman–Crippen MR) is 84.1 cm³/mol. The van der Waals surface area contributed by atoms with E-state index >= 15 is 0 Å². The molecule has 1 aromatic rings. The Bertz CT molecular complexity index is 602. The van der Waals surface area contributed by atoms with Gasteiger partial charge in [0, 0.05) is 37.3 Å². The predicted octanol–water partition coefficient (Wildman–Crippen LogP) is 1.88. The van der Waals surface area contributed by atoms with Gasteiger partial charge >= 0.3 is 11.9 Å². The van der Waals surface area contributed by atoms with Crippen molar-refractivity contribution in [3.8, 4) is 0 Å². The van der Waals surface area contributed by atoms with Gasteiger partial charge in [0.25, 0.3) is 0 Å². The molecule has 2 rings (SSSR count). The number of nitrogens with zero attached hydrogens (tertiary/aromatic N) is 3. The molecule has 6 nitrogen and oxygen atoms in total. The molecule has 1 N–H and O–H groups in total. The molecular weight excluding hydrogens is 320 g/mol. The summed E-state index contributed by atoms with van der Waals surface area (Å²) in [6.07, 6.45) is 0.213. The fourth-order valence-electron chi connectivity index (χ4n) is 2.74. The van der Waals surface area contributed by atoms with E-state index in [2.05, 4.69) is 14.7 Å². The van der Waals surface area contributed by atoms with Gasteiger partial charge in [-0.1, -0.05) is 6.92 Å². The highest BCUT2D eigenvalue weighted by Crippen LogP contribution is 2.39. The maximum atomic E-state index is 14.2. The van der Waals surface area contributed by atoms with Gasteiger partial charge in [0.15, 0.2) is 0 Å². The number of esters is 1. The van der Waals surface area contributed by atoms with Crippen molar-refractivity contribution in [2.75, 3.05) is 24.6 Å². The Hall–Kier alpha value is -1.83. The van der Waals surface area contributed by atoms with Gasteiger partial charge in [0.2, 0.25) is 5.95 Å². The topological polar surface area (TPSA) is 75.6 Å². The lowest BCUT2D eigenvalue weighted by Crippen LogP contribution is -2.59. The maximum absolute atomic E-state index is 14.2.